The van der Waals surface area contributed by atoms with Crippen molar-refractivity contribution in [2.45, 2.75) is 164 Å². The molecule has 0 radical (unpaired) electrons. The molecule has 4 fully saturated rings. The van der Waals surface area contributed by atoms with Crippen LogP contribution < -0.4 is 5.73 Å². The zero-order valence-corrected chi connectivity index (χ0v) is 40.0. The first-order chi connectivity index (χ1) is 32.9. The lowest BCUT2D eigenvalue weighted by Gasteiger charge is -2.29. The Hall–Kier alpha value is -3.21. The molecule has 2 aromatic rings. The maximum absolute atomic E-state index is 12.7. The first-order valence-electron chi connectivity index (χ1n) is 22.7. The molecule has 0 spiro atoms. The lowest BCUT2D eigenvalue weighted by Crippen LogP contribution is -2.46. The Morgan fingerprint density at radius 3 is 1.57 bits per heavy atom. The molecular formula is C42H58F12N6O8S2. The third-order valence-electron chi connectivity index (χ3n) is 10.8. The number of carbonyl (C=O) groups is 2. The van der Waals surface area contributed by atoms with Crippen LogP contribution in [0.4, 0.5) is 52.7 Å². The molecule has 6 rings (SSSR count). The summed E-state index contributed by atoms with van der Waals surface area (Å²) in [6.07, 6.45) is -10.5. The molecule has 2 N–H and O–H groups in total. The van der Waals surface area contributed by atoms with Gasteiger partial charge >= 0.3 is 24.7 Å². The number of rotatable bonds is 22. The fourth-order valence-electron chi connectivity index (χ4n) is 6.99. The number of thiazole rings is 2. The topological polar surface area (TPSA) is 190 Å². The summed E-state index contributed by atoms with van der Waals surface area (Å²) in [7, 11) is 0. The van der Waals surface area contributed by atoms with Gasteiger partial charge in [-0.25, -0.2) is 9.97 Å². The molecule has 1 saturated carbocycles. The number of ketones is 2. The first-order valence-corrected chi connectivity index (χ1v) is 24.4. The molecule has 0 aromatic carbocycles. The van der Waals surface area contributed by atoms with E-state index >= 15 is 0 Å². The summed E-state index contributed by atoms with van der Waals surface area (Å²) < 4.78 is 178. The highest BCUT2D eigenvalue weighted by Crippen LogP contribution is 2.47. The van der Waals surface area contributed by atoms with Gasteiger partial charge in [0.25, 0.3) is 17.4 Å². The average Bonchev–Trinajstić information content (AvgIpc) is 3.95. The van der Waals surface area contributed by atoms with Crippen molar-refractivity contribution in [3.8, 4) is 10.0 Å². The zero-order chi connectivity index (χ0) is 52.1. The van der Waals surface area contributed by atoms with Crippen LogP contribution in [0.3, 0.4) is 0 Å². The van der Waals surface area contributed by atoms with Crippen molar-refractivity contribution < 1.29 is 90.7 Å². The lowest BCUT2D eigenvalue weighted by atomic mass is 10.1. The average molecular weight is 1070 g/mol. The van der Waals surface area contributed by atoms with Crippen molar-refractivity contribution in [2.24, 2.45) is 10.8 Å². The largest absolute Gasteiger partial charge is 0.449 e. The van der Waals surface area contributed by atoms with Gasteiger partial charge in [-0.3, -0.25) is 9.59 Å². The standard InChI is InChI=1S/C17H17F3N2O2S2.C9H15F3O2.C8H12F3N3O2.C8H14F3NO2/c18-17(19,20)12(24)5-3-1-2-4-11(23)13-14(10-6-7-10)26-16(22-13)15-21-8-9-25-15;1-2-3-4-5-8(9(10,11)12)13-6-7-14-8;9-8(10,11)7(15-5-6-16-7)3-1-2-4-13-14-12;9-8(10,11)7(3-1-2-4-12)13-5-6-14-7/h8-10H,1-7H2;2-7H2,1H3;1-6H2;1-6,12H2. The number of Topliss-reactive ketones (excluding diaryl/α,β-unsaturated/α-hetero) is 2. The number of nitrogens with two attached hydrogens (primary N) is 1. The minimum absolute atomic E-state index is 0.00212. The van der Waals surface area contributed by atoms with Gasteiger partial charge in [-0.2, -0.15) is 52.7 Å². The molecule has 4 aliphatic rings. The number of unbranched alkanes of at least 4 members (excludes halogenated alkanes) is 6. The highest BCUT2D eigenvalue weighted by molar-refractivity contribution is 7.20. The molecule has 3 aliphatic heterocycles. The summed E-state index contributed by atoms with van der Waals surface area (Å²) in [6, 6.07) is 0. The summed E-state index contributed by atoms with van der Waals surface area (Å²) in [6.45, 7) is 2.49. The third kappa shape index (κ3) is 18.7. The molecule has 0 unspecified atom stereocenters. The van der Waals surface area contributed by atoms with Gasteiger partial charge in [0.1, 0.15) is 5.69 Å². The van der Waals surface area contributed by atoms with Crippen LogP contribution in [0.2, 0.25) is 0 Å². The number of azide groups is 1. The number of halogens is 12. The molecular weight excluding hydrogens is 1010 g/mol. The van der Waals surface area contributed by atoms with Gasteiger partial charge in [0, 0.05) is 60.0 Å². The van der Waals surface area contributed by atoms with Crippen molar-refractivity contribution in [1.29, 1.82) is 0 Å². The second-order valence-electron chi connectivity index (χ2n) is 16.2. The quantitative estimate of drug-likeness (QED) is 0.0295. The normalized spacial score (nSPS) is 18.4. The highest BCUT2D eigenvalue weighted by atomic mass is 32.1. The van der Waals surface area contributed by atoms with Crippen molar-refractivity contribution >= 4 is 34.2 Å². The number of ether oxygens (including phenoxy) is 6. The molecule has 400 valence electrons. The maximum atomic E-state index is 12.7. The Balaban J connectivity index is 0.000000258. The number of nitrogens with zero attached hydrogens (tertiary/aromatic N) is 5. The van der Waals surface area contributed by atoms with Gasteiger partial charge in [-0.1, -0.05) is 31.3 Å². The van der Waals surface area contributed by atoms with E-state index in [-0.39, 0.29) is 90.5 Å². The predicted molar refractivity (Wildman–Crippen MR) is 231 cm³/mol. The first kappa shape index (κ1) is 61.1. The van der Waals surface area contributed by atoms with Crippen LogP contribution in [0.15, 0.2) is 16.7 Å². The van der Waals surface area contributed by atoms with E-state index in [9.17, 15) is 62.3 Å². The summed E-state index contributed by atoms with van der Waals surface area (Å²) >= 11 is 2.99. The Kier molecular flexibility index (Phi) is 24.7. The molecule has 5 heterocycles. The minimum atomic E-state index is -4.76. The highest BCUT2D eigenvalue weighted by Gasteiger charge is 2.61. The van der Waals surface area contributed by atoms with Crippen LogP contribution >= 0.6 is 22.7 Å². The molecule has 2 aromatic heterocycles. The number of hydrogen-bond donors (Lipinski definition) is 1. The molecule has 14 nitrogen and oxygen atoms in total. The lowest BCUT2D eigenvalue weighted by molar-refractivity contribution is -0.346. The van der Waals surface area contributed by atoms with Crippen LogP contribution in [-0.2, 0) is 33.2 Å². The van der Waals surface area contributed by atoms with Crippen molar-refractivity contribution in [3.63, 3.8) is 0 Å². The van der Waals surface area contributed by atoms with E-state index in [2.05, 4.69) is 38.9 Å². The van der Waals surface area contributed by atoms with Gasteiger partial charge in [-0.15, -0.1) is 22.7 Å². The van der Waals surface area contributed by atoms with E-state index in [1.54, 1.807) is 6.20 Å². The number of alkyl halides is 12. The van der Waals surface area contributed by atoms with Gasteiger partial charge in [-0.05, 0) is 75.8 Å². The Labute approximate surface area is 404 Å². The van der Waals surface area contributed by atoms with E-state index in [0.29, 0.717) is 56.7 Å². The molecule has 0 atom stereocenters. The van der Waals surface area contributed by atoms with Crippen LogP contribution in [0.5, 0.6) is 0 Å². The number of carbonyl (C=O) groups excluding carboxylic acids is 2. The monoisotopic (exact) mass is 1070 g/mol. The van der Waals surface area contributed by atoms with E-state index in [0.717, 1.165) is 40.6 Å². The van der Waals surface area contributed by atoms with Crippen molar-refractivity contribution in [3.05, 3.63) is 32.6 Å². The molecule has 1 aliphatic carbocycles. The van der Waals surface area contributed by atoms with Gasteiger partial charge in [0.15, 0.2) is 15.8 Å². The molecule has 0 amide bonds. The maximum Gasteiger partial charge on any atom is 0.449 e. The second-order valence-corrected chi connectivity index (χ2v) is 18.1. The van der Waals surface area contributed by atoms with E-state index in [1.807, 2.05) is 12.3 Å². The fourth-order valence-corrected chi connectivity index (χ4v) is 8.92. The molecule has 28 heteroatoms. The smallest absolute Gasteiger partial charge is 0.340 e. The summed E-state index contributed by atoms with van der Waals surface area (Å²) in [5.41, 5.74) is 13.7. The van der Waals surface area contributed by atoms with Crippen LogP contribution in [0, 0.1) is 0 Å². The minimum Gasteiger partial charge on any atom is -0.340 e. The number of aromatic nitrogens is 2. The molecule has 70 heavy (non-hydrogen) atoms. The van der Waals surface area contributed by atoms with E-state index in [1.165, 1.54) is 22.7 Å². The van der Waals surface area contributed by atoms with Gasteiger partial charge in [0.2, 0.25) is 5.78 Å². The summed E-state index contributed by atoms with van der Waals surface area (Å²) in [5, 5.41) is 6.64. The Morgan fingerprint density at radius 1 is 0.700 bits per heavy atom. The molecule has 3 saturated heterocycles. The van der Waals surface area contributed by atoms with Crippen LogP contribution in [0.1, 0.15) is 137 Å². The van der Waals surface area contributed by atoms with Crippen molar-refractivity contribution in [2.75, 3.05) is 52.7 Å². The summed E-state index contributed by atoms with van der Waals surface area (Å²) in [4.78, 5) is 35.6. The van der Waals surface area contributed by atoms with Crippen LogP contribution in [-0.4, -0.2) is 116 Å². The van der Waals surface area contributed by atoms with Crippen LogP contribution in [0.25, 0.3) is 20.5 Å². The number of hydrogen-bond acceptors (Lipinski definition) is 14. The Bertz CT molecular complexity index is 1850. The van der Waals surface area contributed by atoms with Crippen molar-refractivity contribution in [1.82, 2.24) is 9.97 Å². The van der Waals surface area contributed by atoms with Gasteiger partial charge < -0.3 is 34.2 Å². The molecule has 0 bridgehead atoms. The third-order valence-corrected chi connectivity index (χ3v) is 12.9. The fraction of sp³-hybridized carbons (Fsp3) is 0.810. The summed E-state index contributed by atoms with van der Waals surface area (Å²) in [5.74, 6) is -8.53. The second kappa shape index (κ2) is 28.3. The zero-order valence-electron chi connectivity index (χ0n) is 38.3. The SMILES string of the molecule is CCCCCC1(C(F)(F)F)OCCO1.NCCCCC1(C(F)(F)F)OCCO1.O=C(CCCCCC(=O)C(F)(F)F)c1nc(-c2nccs2)sc1C1CC1.[N-]=[N+]=NCCCCC1(C(F)(F)F)OCCO1. The van der Waals surface area contributed by atoms with Gasteiger partial charge in [0.05, 0.1) is 39.6 Å². The Morgan fingerprint density at radius 2 is 1.17 bits per heavy atom. The van der Waals surface area contributed by atoms with E-state index < -0.39 is 54.3 Å². The predicted octanol–water partition coefficient (Wildman–Crippen LogP) is 12.5. The van der Waals surface area contributed by atoms with E-state index in [4.69, 9.17) is 20.7 Å².